The van der Waals surface area contributed by atoms with Gasteiger partial charge in [0.1, 0.15) is 11.4 Å². The largest absolute Gasteiger partial charge is 0.416 e. The molecule has 0 unspecified atom stereocenters. The van der Waals surface area contributed by atoms with Crippen molar-refractivity contribution in [3.63, 3.8) is 0 Å². The molecule has 2 aromatic rings. The number of piperidine rings is 1. The van der Waals surface area contributed by atoms with Gasteiger partial charge < -0.3 is 16.0 Å². The normalized spacial score (nSPS) is 16.1. The molecule has 164 valence electrons. The molecule has 2 aromatic carbocycles. The number of nitrogens with one attached hydrogen (secondary N) is 3. The fourth-order valence-corrected chi connectivity index (χ4v) is 3.31. The standard InChI is InChI=1S/C22H21F4N3O2/c23-17-7-4-15(5-8-17)6-9-19(30)29-21(10-12-27-13-11-21)20(31)28-18-3-1-2-16(14-18)22(24,25)26/h1-9,14,27H,10-13H2,(H,28,31)(H,29,30). The first-order valence-electron chi connectivity index (χ1n) is 9.63. The van der Waals surface area contributed by atoms with Crippen LogP contribution in [0.4, 0.5) is 23.2 Å². The summed E-state index contributed by atoms with van der Waals surface area (Å²) in [6, 6.07) is 9.85. The molecular formula is C22H21F4N3O2. The number of carbonyl (C=O) groups excluding carboxylic acids is 2. The van der Waals surface area contributed by atoms with Crippen molar-refractivity contribution in [1.29, 1.82) is 0 Å². The van der Waals surface area contributed by atoms with Gasteiger partial charge in [-0.05, 0) is 67.9 Å². The molecule has 5 nitrogen and oxygen atoms in total. The highest BCUT2D eigenvalue weighted by Gasteiger charge is 2.41. The van der Waals surface area contributed by atoms with Gasteiger partial charge in [0.2, 0.25) is 11.8 Å². The summed E-state index contributed by atoms with van der Waals surface area (Å²) in [5.41, 5.74) is -1.56. The number of carbonyl (C=O) groups is 2. The van der Waals surface area contributed by atoms with Gasteiger partial charge in [-0.25, -0.2) is 4.39 Å². The molecule has 0 saturated carbocycles. The molecule has 31 heavy (non-hydrogen) atoms. The van der Waals surface area contributed by atoms with Gasteiger partial charge in [0, 0.05) is 11.8 Å². The van der Waals surface area contributed by atoms with Crippen molar-refractivity contribution in [2.45, 2.75) is 24.6 Å². The molecule has 2 amide bonds. The second kappa shape index (κ2) is 9.30. The first-order valence-corrected chi connectivity index (χ1v) is 9.63. The molecule has 0 bridgehead atoms. The van der Waals surface area contributed by atoms with Gasteiger partial charge >= 0.3 is 6.18 Å². The predicted octanol–water partition coefficient (Wildman–Crippen LogP) is 3.73. The molecule has 1 aliphatic rings. The molecule has 0 aromatic heterocycles. The van der Waals surface area contributed by atoms with E-state index >= 15 is 0 Å². The zero-order valence-electron chi connectivity index (χ0n) is 16.4. The minimum atomic E-state index is -4.54. The molecule has 1 aliphatic heterocycles. The van der Waals surface area contributed by atoms with Crippen LogP contribution in [0.15, 0.2) is 54.6 Å². The Kier molecular flexibility index (Phi) is 6.74. The second-order valence-electron chi connectivity index (χ2n) is 7.24. The Hall–Kier alpha value is -3.20. The van der Waals surface area contributed by atoms with Crippen molar-refractivity contribution >= 4 is 23.6 Å². The zero-order valence-corrected chi connectivity index (χ0v) is 16.4. The minimum Gasteiger partial charge on any atom is -0.338 e. The summed E-state index contributed by atoms with van der Waals surface area (Å²) >= 11 is 0. The van der Waals surface area contributed by atoms with Gasteiger partial charge in [-0.1, -0.05) is 18.2 Å². The van der Waals surface area contributed by atoms with Gasteiger partial charge in [0.05, 0.1) is 5.56 Å². The van der Waals surface area contributed by atoms with Crippen LogP contribution < -0.4 is 16.0 Å². The van der Waals surface area contributed by atoms with E-state index in [4.69, 9.17) is 0 Å². The van der Waals surface area contributed by atoms with Crippen LogP contribution in [0.25, 0.3) is 6.08 Å². The van der Waals surface area contributed by atoms with E-state index in [1.165, 1.54) is 48.6 Å². The van der Waals surface area contributed by atoms with E-state index in [1.54, 1.807) is 0 Å². The van der Waals surface area contributed by atoms with E-state index in [0.717, 1.165) is 12.1 Å². The van der Waals surface area contributed by atoms with Crippen molar-refractivity contribution in [3.05, 3.63) is 71.6 Å². The van der Waals surface area contributed by atoms with Crippen molar-refractivity contribution in [1.82, 2.24) is 10.6 Å². The van der Waals surface area contributed by atoms with Gasteiger partial charge in [-0.3, -0.25) is 9.59 Å². The topological polar surface area (TPSA) is 70.2 Å². The van der Waals surface area contributed by atoms with E-state index < -0.39 is 34.9 Å². The number of alkyl halides is 3. The van der Waals surface area contributed by atoms with Crippen LogP contribution in [-0.2, 0) is 15.8 Å². The fraction of sp³-hybridized carbons (Fsp3) is 0.273. The highest BCUT2D eigenvalue weighted by atomic mass is 19.4. The van der Waals surface area contributed by atoms with Crippen molar-refractivity contribution in [2.24, 2.45) is 0 Å². The SMILES string of the molecule is O=C(C=Cc1ccc(F)cc1)NC1(C(=O)Nc2cccc(C(F)(F)F)c2)CCNCC1. The van der Waals surface area contributed by atoms with Gasteiger partial charge in [-0.2, -0.15) is 13.2 Å². The highest BCUT2D eigenvalue weighted by Crippen LogP contribution is 2.31. The number of rotatable bonds is 5. The van der Waals surface area contributed by atoms with Gasteiger partial charge in [0.15, 0.2) is 0 Å². The molecule has 1 heterocycles. The Labute approximate surface area is 176 Å². The van der Waals surface area contributed by atoms with E-state index in [0.29, 0.717) is 18.7 Å². The van der Waals surface area contributed by atoms with Crippen LogP contribution >= 0.6 is 0 Å². The maximum atomic E-state index is 13.0. The van der Waals surface area contributed by atoms with Crippen molar-refractivity contribution < 1.29 is 27.2 Å². The van der Waals surface area contributed by atoms with Crippen LogP contribution in [0.1, 0.15) is 24.0 Å². The summed E-state index contributed by atoms with van der Waals surface area (Å²) in [6.45, 7) is 0.913. The van der Waals surface area contributed by atoms with E-state index in [2.05, 4.69) is 16.0 Å². The van der Waals surface area contributed by atoms with Gasteiger partial charge in [-0.15, -0.1) is 0 Å². The molecule has 0 spiro atoms. The number of hydrogen-bond acceptors (Lipinski definition) is 3. The first kappa shape index (κ1) is 22.5. The zero-order chi connectivity index (χ0) is 22.5. The van der Waals surface area contributed by atoms with Gasteiger partial charge in [0.25, 0.3) is 0 Å². The molecule has 0 atom stereocenters. The van der Waals surface area contributed by atoms with Crippen molar-refractivity contribution in [2.75, 3.05) is 18.4 Å². The van der Waals surface area contributed by atoms with Crippen LogP contribution in [-0.4, -0.2) is 30.4 Å². The number of hydrogen-bond donors (Lipinski definition) is 3. The maximum Gasteiger partial charge on any atom is 0.416 e. The summed E-state index contributed by atoms with van der Waals surface area (Å²) in [7, 11) is 0. The lowest BCUT2D eigenvalue weighted by Gasteiger charge is -2.36. The first-order chi connectivity index (χ1) is 14.7. The average molecular weight is 435 g/mol. The lowest BCUT2D eigenvalue weighted by molar-refractivity contribution is -0.137. The van der Waals surface area contributed by atoms with Crippen LogP contribution in [0.5, 0.6) is 0 Å². The molecule has 3 N–H and O–H groups in total. The van der Waals surface area contributed by atoms with E-state index in [9.17, 15) is 27.2 Å². The number of anilines is 1. The third-order valence-electron chi connectivity index (χ3n) is 5.00. The third-order valence-corrected chi connectivity index (χ3v) is 5.00. The molecular weight excluding hydrogens is 414 g/mol. The number of benzene rings is 2. The number of halogens is 4. The monoisotopic (exact) mass is 435 g/mol. The molecule has 3 rings (SSSR count). The summed E-state index contributed by atoms with van der Waals surface area (Å²) < 4.78 is 51.8. The molecule has 1 fully saturated rings. The van der Waals surface area contributed by atoms with Crippen LogP contribution in [0.3, 0.4) is 0 Å². The molecule has 0 aliphatic carbocycles. The Bertz CT molecular complexity index is 965. The fourth-order valence-electron chi connectivity index (χ4n) is 3.31. The van der Waals surface area contributed by atoms with E-state index in [1.807, 2.05) is 0 Å². The van der Waals surface area contributed by atoms with E-state index in [-0.39, 0.29) is 18.5 Å². The summed E-state index contributed by atoms with van der Waals surface area (Å²) in [5.74, 6) is -1.52. The smallest absolute Gasteiger partial charge is 0.338 e. The summed E-state index contributed by atoms with van der Waals surface area (Å²) in [4.78, 5) is 25.5. The minimum absolute atomic E-state index is 0.00571. The Morgan fingerprint density at radius 2 is 1.71 bits per heavy atom. The van der Waals surface area contributed by atoms with Crippen molar-refractivity contribution in [3.8, 4) is 0 Å². The summed E-state index contributed by atoms with van der Waals surface area (Å²) in [6.07, 6.45) is -1.28. The van der Waals surface area contributed by atoms with Crippen LogP contribution in [0.2, 0.25) is 0 Å². The average Bonchev–Trinajstić information content (AvgIpc) is 2.73. The Balaban J connectivity index is 1.74. The third kappa shape index (κ3) is 5.91. The Morgan fingerprint density at radius 3 is 2.35 bits per heavy atom. The van der Waals surface area contributed by atoms with Crippen LogP contribution in [0, 0.1) is 5.82 Å². The lowest BCUT2D eigenvalue weighted by atomic mass is 9.87. The molecule has 1 saturated heterocycles. The highest BCUT2D eigenvalue weighted by molar-refractivity contribution is 6.03. The predicted molar refractivity (Wildman–Crippen MR) is 108 cm³/mol. The molecule has 0 radical (unpaired) electrons. The maximum absolute atomic E-state index is 13.0. The molecule has 9 heteroatoms. The quantitative estimate of drug-likeness (QED) is 0.495. The Morgan fingerprint density at radius 1 is 1.03 bits per heavy atom. The second-order valence-corrected chi connectivity index (χ2v) is 7.24. The lowest BCUT2D eigenvalue weighted by Crippen LogP contribution is -2.61. The number of amides is 2. The summed E-state index contributed by atoms with van der Waals surface area (Å²) in [5, 5.41) is 8.30.